The number of halogens is 3. The van der Waals surface area contributed by atoms with Crippen molar-refractivity contribution in [3.05, 3.63) is 40.3 Å². The monoisotopic (exact) mass is 534 g/mol. The fourth-order valence-electron chi connectivity index (χ4n) is 5.62. The van der Waals surface area contributed by atoms with Gasteiger partial charge in [0.2, 0.25) is 0 Å². The zero-order valence-corrected chi connectivity index (χ0v) is 22.1. The molecule has 0 spiro atoms. The molecule has 5 rings (SSSR count). The Balaban J connectivity index is 1.07. The van der Waals surface area contributed by atoms with Crippen molar-refractivity contribution < 1.29 is 22.7 Å². The van der Waals surface area contributed by atoms with Crippen LogP contribution in [0.25, 0.3) is 10.9 Å². The number of benzene rings is 1. The number of nitrogens with zero attached hydrogens (tertiary/aromatic N) is 4. The van der Waals surface area contributed by atoms with Crippen molar-refractivity contribution in [2.45, 2.75) is 64.3 Å². The molecule has 0 amide bonds. The van der Waals surface area contributed by atoms with Gasteiger partial charge in [-0.2, -0.15) is 5.10 Å². The molecule has 37 heavy (non-hydrogen) atoms. The number of ketones is 1. The summed E-state index contributed by atoms with van der Waals surface area (Å²) in [6.45, 7) is 2.88. The van der Waals surface area contributed by atoms with Crippen LogP contribution in [0, 0.1) is 17.7 Å². The van der Waals surface area contributed by atoms with Gasteiger partial charge in [-0.05, 0) is 56.2 Å². The van der Waals surface area contributed by atoms with Gasteiger partial charge in [-0.1, -0.05) is 24.2 Å². The van der Waals surface area contributed by atoms with Gasteiger partial charge >= 0.3 is 0 Å². The first kappa shape index (κ1) is 26.2. The summed E-state index contributed by atoms with van der Waals surface area (Å²) in [5.74, 6) is -2.15. The van der Waals surface area contributed by atoms with E-state index in [0.29, 0.717) is 39.9 Å². The highest BCUT2D eigenvalue weighted by Crippen LogP contribution is 2.35. The molecule has 0 atom stereocenters. The molecule has 0 radical (unpaired) electrons. The molecule has 10 heteroatoms. The Morgan fingerprint density at radius 1 is 1.22 bits per heavy atom. The molecule has 2 aliphatic rings. The summed E-state index contributed by atoms with van der Waals surface area (Å²) in [7, 11) is 1.68. The first-order valence-corrected chi connectivity index (χ1v) is 13.8. The predicted octanol–water partition coefficient (Wildman–Crippen LogP) is 6.03. The highest BCUT2D eigenvalue weighted by molar-refractivity contribution is 7.13. The van der Waals surface area contributed by atoms with Crippen LogP contribution < -0.4 is 4.74 Å². The van der Waals surface area contributed by atoms with Gasteiger partial charge < -0.3 is 4.74 Å². The number of carbonyl (C=O) groups excluding carboxylic acids is 1. The van der Waals surface area contributed by atoms with E-state index in [1.807, 2.05) is 0 Å². The van der Waals surface area contributed by atoms with Crippen LogP contribution in [0.2, 0.25) is 0 Å². The number of alkyl halides is 2. The molecule has 0 bridgehead atoms. The third-order valence-electron chi connectivity index (χ3n) is 7.68. The van der Waals surface area contributed by atoms with Gasteiger partial charge in [0.05, 0.1) is 11.9 Å². The number of aromatic nitrogens is 3. The van der Waals surface area contributed by atoms with Crippen LogP contribution in [0.1, 0.15) is 66.4 Å². The Hall–Kier alpha value is -2.46. The molecule has 2 aromatic heterocycles. The lowest BCUT2D eigenvalue weighted by Crippen LogP contribution is -2.32. The van der Waals surface area contributed by atoms with Crippen molar-refractivity contribution in [3.8, 4) is 5.19 Å². The Bertz CT molecular complexity index is 1260. The van der Waals surface area contributed by atoms with Gasteiger partial charge in [0.1, 0.15) is 11.3 Å². The summed E-state index contributed by atoms with van der Waals surface area (Å²) in [4.78, 5) is 21.0. The first-order chi connectivity index (χ1) is 17.7. The molecule has 0 unspecified atom stereocenters. The SMILES string of the molecule is Cn1ncc2c(C(=O)CC3CCC(CCN4CCc5sc(OCC(C)(F)F)nc5C4)CC3)ccc(F)c21. The van der Waals surface area contributed by atoms with E-state index < -0.39 is 12.5 Å². The van der Waals surface area contributed by atoms with E-state index in [-0.39, 0.29) is 11.6 Å². The fourth-order valence-corrected chi connectivity index (χ4v) is 6.52. The Morgan fingerprint density at radius 3 is 2.73 bits per heavy atom. The largest absolute Gasteiger partial charge is 0.464 e. The molecule has 0 N–H and O–H groups in total. The summed E-state index contributed by atoms with van der Waals surface area (Å²) in [5, 5.41) is 5.06. The van der Waals surface area contributed by atoms with Gasteiger partial charge in [-0.25, -0.2) is 18.2 Å². The van der Waals surface area contributed by atoms with E-state index >= 15 is 0 Å². The Kier molecular flexibility index (Phi) is 7.58. The highest BCUT2D eigenvalue weighted by Gasteiger charge is 2.28. The molecule has 6 nitrogen and oxygen atoms in total. The van der Waals surface area contributed by atoms with Crippen LogP contribution in [0.15, 0.2) is 18.3 Å². The smallest absolute Gasteiger partial charge is 0.278 e. The molecule has 3 aromatic rings. The maximum atomic E-state index is 14.2. The number of rotatable bonds is 9. The van der Waals surface area contributed by atoms with Crippen LogP contribution in [0.4, 0.5) is 13.2 Å². The summed E-state index contributed by atoms with van der Waals surface area (Å²) in [6, 6.07) is 2.95. The standard InChI is InChI=1S/C27H33F3N4O2S/c1-27(29,30)16-36-26-32-22-15-34(12-10-24(22)37-26)11-9-17-3-5-18(6-4-17)13-23(35)19-7-8-21(28)25-20(19)14-31-33(25)2/h7-8,14,17-18H,3-6,9-13,15-16H2,1-2H3. The van der Waals surface area contributed by atoms with E-state index in [0.717, 1.165) is 75.7 Å². The third kappa shape index (κ3) is 6.17. The molecular formula is C27H33F3N4O2S. The summed E-state index contributed by atoms with van der Waals surface area (Å²) in [5.41, 5.74) is 1.90. The molecule has 3 heterocycles. The Morgan fingerprint density at radius 2 is 1.97 bits per heavy atom. The second-order valence-electron chi connectivity index (χ2n) is 10.7. The molecular weight excluding hydrogens is 501 g/mol. The lowest BCUT2D eigenvalue weighted by molar-refractivity contribution is -0.0230. The number of Topliss-reactive ketones (excluding diaryl/α,β-unsaturated/α-hetero) is 1. The van der Waals surface area contributed by atoms with E-state index in [4.69, 9.17) is 4.74 Å². The minimum Gasteiger partial charge on any atom is -0.464 e. The second kappa shape index (κ2) is 10.7. The number of hydrogen-bond donors (Lipinski definition) is 0. The van der Waals surface area contributed by atoms with Crippen molar-refractivity contribution in [2.24, 2.45) is 18.9 Å². The molecule has 0 saturated heterocycles. The molecule has 1 aromatic carbocycles. The van der Waals surface area contributed by atoms with Crippen molar-refractivity contribution in [3.63, 3.8) is 0 Å². The normalized spacial score (nSPS) is 20.8. The van der Waals surface area contributed by atoms with Crippen LogP contribution in [-0.4, -0.2) is 51.1 Å². The highest BCUT2D eigenvalue weighted by atomic mass is 32.1. The van der Waals surface area contributed by atoms with E-state index in [2.05, 4.69) is 15.0 Å². The van der Waals surface area contributed by atoms with Crippen molar-refractivity contribution in [1.82, 2.24) is 19.7 Å². The van der Waals surface area contributed by atoms with Crippen molar-refractivity contribution >= 4 is 28.0 Å². The quantitative estimate of drug-likeness (QED) is 0.314. The molecule has 200 valence electrons. The van der Waals surface area contributed by atoms with Crippen molar-refractivity contribution in [1.29, 1.82) is 0 Å². The van der Waals surface area contributed by atoms with Crippen LogP contribution >= 0.6 is 11.3 Å². The first-order valence-electron chi connectivity index (χ1n) is 13.0. The average Bonchev–Trinajstić information content (AvgIpc) is 3.45. The van der Waals surface area contributed by atoms with Crippen LogP contribution in [-0.2, 0) is 20.0 Å². The minimum absolute atomic E-state index is 0.0693. The van der Waals surface area contributed by atoms with Crippen LogP contribution in [0.5, 0.6) is 5.19 Å². The Labute approximate surface area is 218 Å². The van der Waals surface area contributed by atoms with Crippen LogP contribution in [0.3, 0.4) is 0 Å². The summed E-state index contributed by atoms with van der Waals surface area (Å²) < 4.78 is 47.0. The molecule has 1 aliphatic carbocycles. The zero-order valence-electron chi connectivity index (χ0n) is 21.3. The number of thiazole rings is 1. The van der Waals surface area contributed by atoms with Gasteiger partial charge in [0.15, 0.2) is 12.4 Å². The number of fused-ring (bicyclic) bond motifs is 2. The fraction of sp³-hybridized carbons (Fsp3) is 0.593. The van der Waals surface area contributed by atoms with Gasteiger partial charge in [-0.3, -0.25) is 14.4 Å². The molecule has 1 saturated carbocycles. The topological polar surface area (TPSA) is 60.2 Å². The second-order valence-corrected chi connectivity index (χ2v) is 11.7. The van der Waals surface area contributed by atoms with Crippen molar-refractivity contribution in [2.75, 3.05) is 19.7 Å². The number of carbonyl (C=O) groups is 1. The minimum atomic E-state index is -2.86. The number of ether oxygens (including phenoxy) is 1. The van der Waals surface area contributed by atoms with Gasteiger partial charge in [0, 0.05) is 49.3 Å². The molecule has 1 fully saturated rings. The lowest BCUT2D eigenvalue weighted by atomic mass is 9.78. The lowest BCUT2D eigenvalue weighted by Gasteiger charge is -2.31. The van der Waals surface area contributed by atoms with Gasteiger partial charge in [-0.15, -0.1) is 0 Å². The number of aryl methyl sites for hydroxylation is 1. The van der Waals surface area contributed by atoms with E-state index in [1.54, 1.807) is 19.3 Å². The van der Waals surface area contributed by atoms with Gasteiger partial charge in [0.25, 0.3) is 11.1 Å². The maximum absolute atomic E-state index is 14.2. The predicted molar refractivity (Wildman–Crippen MR) is 137 cm³/mol. The van der Waals surface area contributed by atoms with E-state index in [9.17, 15) is 18.0 Å². The zero-order chi connectivity index (χ0) is 26.2. The average molecular weight is 535 g/mol. The number of hydrogen-bond acceptors (Lipinski definition) is 6. The molecule has 1 aliphatic heterocycles. The maximum Gasteiger partial charge on any atom is 0.278 e. The third-order valence-corrected chi connectivity index (χ3v) is 8.75. The van der Waals surface area contributed by atoms with E-state index in [1.165, 1.54) is 22.1 Å². The summed E-state index contributed by atoms with van der Waals surface area (Å²) >= 11 is 1.39. The summed E-state index contributed by atoms with van der Waals surface area (Å²) in [6.07, 6.45) is 8.36.